The van der Waals surface area contributed by atoms with Crippen LogP contribution in [-0.4, -0.2) is 16.0 Å². The maximum Gasteiger partial charge on any atom is 0.288 e. The summed E-state index contributed by atoms with van der Waals surface area (Å²) >= 11 is 5.90. The van der Waals surface area contributed by atoms with Crippen LogP contribution >= 0.6 is 11.6 Å². The number of benzene rings is 1. The number of aryl methyl sites for hydroxylation is 1. The molecule has 0 saturated heterocycles. The molecule has 0 aliphatic heterocycles. The lowest BCUT2D eigenvalue weighted by Crippen LogP contribution is -2.30. The van der Waals surface area contributed by atoms with Crippen molar-refractivity contribution in [3.05, 3.63) is 70.7 Å². The molecule has 2 aromatic heterocycles. The van der Waals surface area contributed by atoms with Gasteiger partial charge in [0.1, 0.15) is 6.04 Å². The molecule has 1 N–H and O–H groups in total. The summed E-state index contributed by atoms with van der Waals surface area (Å²) in [4.78, 5) is 16.4. The number of rotatable bonds is 4. The molecule has 0 saturated carbocycles. The van der Waals surface area contributed by atoms with Gasteiger partial charge in [-0.25, -0.2) is 0 Å². The monoisotopic (exact) mass is 317 g/mol. The summed E-state index contributed by atoms with van der Waals surface area (Å²) in [6.45, 7) is 1.80. The van der Waals surface area contributed by atoms with Crippen molar-refractivity contribution in [2.24, 2.45) is 0 Å². The molecule has 3 rings (SSSR count). The van der Waals surface area contributed by atoms with E-state index in [9.17, 15) is 4.79 Å². The van der Waals surface area contributed by atoms with Crippen molar-refractivity contribution in [3.8, 4) is 0 Å². The summed E-state index contributed by atoms with van der Waals surface area (Å²) < 4.78 is 9.98. The van der Waals surface area contributed by atoms with Crippen LogP contribution in [0.25, 0.3) is 0 Å². The molecular weight excluding hydrogens is 306 g/mol. The molecule has 0 bridgehead atoms. The third-order valence-electron chi connectivity index (χ3n) is 3.18. The first-order valence-electron chi connectivity index (χ1n) is 6.52. The third kappa shape index (κ3) is 2.87. The van der Waals surface area contributed by atoms with Crippen LogP contribution in [0.5, 0.6) is 0 Å². The Bertz CT molecular complexity index is 766. The highest BCUT2D eigenvalue weighted by Gasteiger charge is 2.23. The predicted molar refractivity (Wildman–Crippen MR) is 78.5 cm³/mol. The molecule has 0 aliphatic rings. The van der Waals surface area contributed by atoms with E-state index >= 15 is 0 Å². The summed E-state index contributed by atoms with van der Waals surface area (Å²) in [5.74, 6) is 0.245. The van der Waals surface area contributed by atoms with E-state index in [-0.39, 0.29) is 11.7 Å². The van der Waals surface area contributed by atoms with Gasteiger partial charge >= 0.3 is 0 Å². The normalized spacial score (nSPS) is 12.1. The molecule has 1 aromatic carbocycles. The number of nitrogens with one attached hydrogen (secondary N) is 1. The maximum absolute atomic E-state index is 12.4. The fraction of sp³-hybridized carbons (Fsp3) is 0.133. The van der Waals surface area contributed by atoms with Gasteiger partial charge in [0.05, 0.1) is 6.26 Å². The summed E-state index contributed by atoms with van der Waals surface area (Å²) in [6, 6.07) is 8.20. The van der Waals surface area contributed by atoms with Gasteiger partial charge in [0.15, 0.2) is 11.6 Å². The number of carbonyl (C=O) groups is 1. The van der Waals surface area contributed by atoms with E-state index in [4.69, 9.17) is 20.5 Å². The lowest BCUT2D eigenvalue weighted by molar-refractivity contribution is 0.0912. The number of halogens is 1. The molecule has 0 fully saturated rings. The predicted octanol–water partition coefficient (Wildman–Crippen LogP) is 3.14. The summed E-state index contributed by atoms with van der Waals surface area (Å²) in [6.07, 6.45) is 2.68. The Morgan fingerprint density at radius 1 is 1.27 bits per heavy atom. The zero-order valence-corrected chi connectivity index (χ0v) is 12.4. The van der Waals surface area contributed by atoms with Crippen molar-refractivity contribution >= 4 is 17.5 Å². The molecule has 3 aromatic rings. The standard InChI is InChI=1S/C15H12ClN3O3/c1-9-6-7-21-13(9)15(20)18-12(14-17-8-22-19-14)10-2-4-11(16)5-3-10/h2-8,12H,1H3,(H,18,20). The Kier molecular flexibility index (Phi) is 3.93. The molecule has 0 radical (unpaired) electrons. The first kappa shape index (κ1) is 14.3. The van der Waals surface area contributed by atoms with E-state index in [1.165, 1.54) is 12.7 Å². The average Bonchev–Trinajstić information content (AvgIpc) is 3.17. The van der Waals surface area contributed by atoms with Gasteiger partial charge in [0.2, 0.25) is 6.39 Å². The number of carbonyl (C=O) groups excluding carboxylic acids is 1. The van der Waals surface area contributed by atoms with E-state index in [0.717, 1.165) is 11.1 Å². The van der Waals surface area contributed by atoms with E-state index in [1.807, 2.05) is 0 Å². The minimum absolute atomic E-state index is 0.252. The quantitative estimate of drug-likeness (QED) is 0.799. The van der Waals surface area contributed by atoms with Crippen LogP contribution in [0.1, 0.15) is 33.5 Å². The number of hydrogen-bond acceptors (Lipinski definition) is 5. The van der Waals surface area contributed by atoms with Gasteiger partial charge in [0.25, 0.3) is 5.91 Å². The van der Waals surface area contributed by atoms with Gasteiger partial charge in [-0.05, 0) is 30.7 Å². The number of nitrogens with zero attached hydrogens (tertiary/aromatic N) is 2. The minimum Gasteiger partial charge on any atom is -0.459 e. The maximum atomic E-state index is 12.4. The molecule has 0 aliphatic carbocycles. The first-order chi connectivity index (χ1) is 10.6. The summed E-state index contributed by atoms with van der Waals surface area (Å²) in [7, 11) is 0. The second-order valence-electron chi connectivity index (χ2n) is 4.68. The van der Waals surface area contributed by atoms with E-state index < -0.39 is 6.04 Å². The Balaban J connectivity index is 1.91. The second-order valence-corrected chi connectivity index (χ2v) is 5.12. The fourth-order valence-electron chi connectivity index (χ4n) is 2.06. The molecule has 1 amide bonds. The van der Waals surface area contributed by atoms with Crippen molar-refractivity contribution < 1.29 is 13.7 Å². The smallest absolute Gasteiger partial charge is 0.288 e. The van der Waals surface area contributed by atoms with Crippen molar-refractivity contribution in [2.45, 2.75) is 13.0 Å². The van der Waals surface area contributed by atoms with Crippen LogP contribution in [0.15, 0.2) is 51.9 Å². The fourth-order valence-corrected chi connectivity index (χ4v) is 2.19. The average molecular weight is 318 g/mol. The first-order valence-corrected chi connectivity index (χ1v) is 6.89. The highest BCUT2D eigenvalue weighted by atomic mass is 35.5. The lowest BCUT2D eigenvalue weighted by Gasteiger charge is -2.15. The van der Waals surface area contributed by atoms with Crippen LogP contribution in [0.3, 0.4) is 0 Å². The molecule has 7 heteroatoms. The van der Waals surface area contributed by atoms with Crippen LogP contribution in [0.2, 0.25) is 5.02 Å². The zero-order valence-electron chi connectivity index (χ0n) is 11.6. The largest absolute Gasteiger partial charge is 0.459 e. The van der Waals surface area contributed by atoms with Crippen molar-refractivity contribution in [2.75, 3.05) is 0 Å². The van der Waals surface area contributed by atoms with Gasteiger partial charge in [-0.3, -0.25) is 4.79 Å². The summed E-state index contributed by atoms with van der Waals surface area (Å²) in [5, 5.41) is 7.25. The highest BCUT2D eigenvalue weighted by molar-refractivity contribution is 6.30. The van der Waals surface area contributed by atoms with Crippen molar-refractivity contribution in [1.82, 2.24) is 15.5 Å². The van der Waals surface area contributed by atoms with E-state index in [2.05, 4.69) is 15.5 Å². The van der Waals surface area contributed by atoms with Gasteiger partial charge < -0.3 is 14.3 Å². The number of furan rings is 1. The molecule has 6 nitrogen and oxygen atoms in total. The second kappa shape index (κ2) is 6.03. The lowest BCUT2D eigenvalue weighted by atomic mass is 10.1. The Hall–Kier alpha value is -2.60. The van der Waals surface area contributed by atoms with Gasteiger partial charge in [0, 0.05) is 10.6 Å². The molecule has 112 valence electrons. The van der Waals surface area contributed by atoms with Crippen LogP contribution in [-0.2, 0) is 0 Å². The van der Waals surface area contributed by atoms with Crippen molar-refractivity contribution in [3.63, 3.8) is 0 Å². The number of amides is 1. The number of hydrogen-bond donors (Lipinski definition) is 1. The third-order valence-corrected chi connectivity index (χ3v) is 3.44. The van der Waals surface area contributed by atoms with Crippen molar-refractivity contribution in [1.29, 1.82) is 0 Å². The highest BCUT2D eigenvalue weighted by Crippen LogP contribution is 2.22. The van der Waals surface area contributed by atoms with Gasteiger partial charge in [-0.2, -0.15) is 4.98 Å². The van der Waals surface area contributed by atoms with Gasteiger partial charge in [-0.15, -0.1) is 0 Å². The Labute approximate surface area is 131 Å². The molecule has 1 atom stereocenters. The van der Waals surface area contributed by atoms with Crippen LogP contribution < -0.4 is 5.32 Å². The van der Waals surface area contributed by atoms with Crippen LogP contribution in [0.4, 0.5) is 0 Å². The molecule has 22 heavy (non-hydrogen) atoms. The van der Waals surface area contributed by atoms with E-state index in [0.29, 0.717) is 10.8 Å². The minimum atomic E-state index is -0.562. The SMILES string of the molecule is Cc1ccoc1C(=O)NC(c1ccc(Cl)cc1)c1ncon1. The Morgan fingerprint density at radius 3 is 2.64 bits per heavy atom. The van der Waals surface area contributed by atoms with Crippen LogP contribution in [0, 0.1) is 6.92 Å². The molecule has 0 spiro atoms. The summed E-state index contributed by atoms with van der Waals surface area (Å²) in [5.41, 5.74) is 1.53. The molecular formula is C15H12ClN3O3. The Morgan fingerprint density at radius 2 is 2.05 bits per heavy atom. The van der Waals surface area contributed by atoms with E-state index in [1.54, 1.807) is 37.3 Å². The number of aromatic nitrogens is 2. The zero-order chi connectivity index (χ0) is 15.5. The molecule has 1 unspecified atom stereocenters. The van der Waals surface area contributed by atoms with Gasteiger partial charge in [-0.1, -0.05) is 28.9 Å². The molecule has 2 heterocycles. The topological polar surface area (TPSA) is 81.2 Å².